The number of aromatic nitrogens is 1. The summed E-state index contributed by atoms with van der Waals surface area (Å²) in [6, 6.07) is 4.41. The predicted molar refractivity (Wildman–Crippen MR) is 80.0 cm³/mol. The van der Waals surface area contributed by atoms with Gasteiger partial charge in [-0.05, 0) is 48.5 Å². The number of methoxy groups -OCH3 is 1. The van der Waals surface area contributed by atoms with Gasteiger partial charge in [0.15, 0.2) is 0 Å². The summed E-state index contributed by atoms with van der Waals surface area (Å²) in [6.45, 7) is 5.31. The summed E-state index contributed by atoms with van der Waals surface area (Å²) in [5.74, 6) is 0.801. The fourth-order valence-corrected chi connectivity index (χ4v) is 3.06. The van der Waals surface area contributed by atoms with Crippen molar-refractivity contribution < 1.29 is 4.74 Å². The Kier molecular flexibility index (Phi) is 4.93. The van der Waals surface area contributed by atoms with Crippen molar-refractivity contribution in [3.63, 3.8) is 0 Å². The van der Waals surface area contributed by atoms with Gasteiger partial charge >= 0.3 is 0 Å². The second-order valence-electron chi connectivity index (χ2n) is 4.51. The maximum atomic E-state index is 5.27. The Labute approximate surface area is 118 Å². The Bertz CT molecular complexity index is 524. The summed E-state index contributed by atoms with van der Waals surface area (Å²) < 4.78 is 5.27. The van der Waals surface area contributed by atoms with Crippen LogP contribution in [0, 0.1) is 6.92 Å². The van der Waals surface area contributed by atoms with Gasteiger partial charge < -0.3 is 10.1 Å². The van der Waals surface area contributed by atoms with E-state index < -0.39 is 0 Å². The smallest absolute Gasteiger partial charge is 0.137 e. The van der Waals surface area contributed by atoms with Crippen LogP contribution in [0.15, 0.2) is 29.9 Å². The first-order chi connectivity index (χ1) is 9.26. The molecule has 0 bridgehead atoms. The Morgan fingerprint density at radius 1 is 1.42 bits per heavy atom. The minimum absolute atomic E-state index is 0.197. The molecule has 1 unspecified atom stereocenters. The van der Waals surface area contributed by atoms with Crippen LogP contribution >= 0.6 is 11.3 Å². The van der Waals surface area contributed by atoms with Gasteiger partial charge in [-0.15, -0.1) is 11.3 Å². The SMILES string of the molecule is CCCNC(c1cncc(OC)c1)c1sccc1C. The first kappa shape index (κ1) is 14.0. The molecule has 0 saturated carbocycles. The van der Waals surface area contributed by atoms with Crippen molar-refractivity contribution in [2.45, 2.75) is 26.3 Å². The third-order valence-corrected chi connectivity index (χ3v) is 4.15. The standard InChI is InChI=1S/C15H20N2OS/c1-4-6-17-14(15-11(2)5-7-19-15)12-8-13(18-3)10-16-9-12/h5,7-10,14,17H,4,6H2,1-3H3. The Hall–Kier alpha value is -1.39. The molecule has 0 aliphatic heterocycles. The molecule has 1 N–H and O–H groups in total. The van der Waals surface area contributed by atoms with Crippen LogP contribution in [0.4, 0.5) is 0 Å². The van der Waals surface area contributed by atoms with Gasteiger partial charge in [0.1, 0.15) is 5.75 Å². The van der Waals surface area contributed by atoms with Crippen molar-refractivity contribution in [2.24, 2.45) is 0 Å². The van der Waals surface area contributed by atoms with Gasteiger partial charge in [0.05, 0.1) is 19.3 Å². The molecule has 102 valence electrons. The molecule has 0 spiro atoms. The quantitative estimate of drug-likeness (QED) is 0.876. The summed E-state index contributed by atoms with van der Waals surface area (Å²) in [6.07, 6.45) is 4.76. The second kappa shape index (κ2) is 6.68. The van der Waals surface area contributed by atoms with E-state index in [2.05, 4.69) is 41.7 Å². The highest BCUT2D eigenvalue weighted by Gasteiger charge is 2.17. The monoisotopic (exact) mass is 276 g/mol. The summed E-state index contributed by atoms with van der Waals surface area (Å²) in [5.41, 5.74) is 2.47. The van der Waals surface area contributed by atoms with Crippen LogP contribution in [0.25, 0.3) is 0 Å². The lowest BCUT2D eigenvalue weighted by Crippen LogP contribution is -2.23. The van der Waals surface area contributed by atoms with E-state index in [9.17, 15) is 0 Å². The zero-order valence-corrected chi connectivity index (χ0v) is 12.5. The van der Waals surface area contributed by atoms with Crippen molar-refractivity contribution >= 4 is 11.3 Å². The fourth-order valence-electron chi connectivity index (χ4n) is 2.04. The molecule has 19 heavy (non-hydrogen) atoms. The first-order valence-corrected chi connectivity index (χ1v) is 7.40. The lowest BCUT2D eigenvalue weighted by molar-refractivity contribution is 0.411. The maximum Gasteiger partial charge on any atom is 0.137 e. The third-order valence-electron chi connectivity index (χ3n) is 3.07. The van der Waals surface area contributed by atoms with Crippen LogP contribution in [0.5, 0.6) is 5.75 Å². The van der Waals surface area contributed by atoms with E-state index in [-0.39, 0.29) is 6.04 Å². The highest BCUT2D eigenvalue weighted by molar-refractivity contribution is 7.10. The van der Waals surface area contributed by atoms with E-state index >= 15 is 0 Å². The molecule has 0 radical (unpaired) electrons. The van der Waals surface area contributed by atoms with Gasteiger partial charge in [-0.2, -0.15) is 0 Å². The van der Waals surface area contributed by atoms with Crippen LogP contribution in [-0.2, 0) is 0 Å². The molecule has 2 aromatic rings. The van der Waals surface area contributed by atoms with Crippen LogP contribution in [0.3, 0.4) is 0 Å². The number of thiophene rings is 1. The number of nitrogens with one attached hydrogen (secondary N) is 1. The molecule has 0 amide bonds. The summed E-state index contributed by atoms with van der Waals surface area (Å²) in [7, 11) is 1.67. The summed E-state index contributed by atoms with van der Waals surface area (Å²) in [5, 5.41) is 5.73. The average Bonchev–Trinajstić information content (AvgIpc) is 2.86. The van der Waals surface area contributed by atoms with E-state index in [1.54, 1.807) is 24.6 Å². The molecule has 2 aromatic heterocycles. The van der Waals surface area contributed by atoms with E-state index in [1.165, 1.54) is 10.4 Å². The number of aryl methyl sites for hydroxylation is 1. The molecule has 0 saturated heterocycles. The van der Waals surface area contributed by atoms with E-state index in [0.29, 0.717) is 0 Å². The Morgan fingerprint density at radius 3 is 2.89 bits per heavy atom. The van der Waals surface area contributed by atoms with Gasteiger partial charge in [-0.25, -0.2) is 0 Å². The highest BCUT2D eigenvalue weighted by Crippen LogP contribution is 2.30. The van der Waals surface area contributed by atoms with Gasteiger partial charge in [0, 0.05) is 11.1 Å². The minimum Gasteiger partial charge on any atom is -0.495 e. The number of hydrogen-bond donors (Lipinski definition) is 1. The van der Waals surface area contributed by atoms with E-state index in [4.69, 9.17) is 4.74 Å². The molecule has 1 atom stereocenters. The molecule has 0 aliphatic carbocycles. The van der Waals surface area contributed by atoms with Crippen LogP contribution in [0.1, 0.15) is 35.4 Å². The lowest BCUT2D eigenvalue weighted by Gasteiger charge is -2.19. The second-order valence-corrected chi connectivity index (χ2v) is 5.46. The van der Waals surface area contributed by atoms with Crippen LogP contribution in [-0.4, -0.2) is 18.6 Å². The Balaban J connectivity index is 2.34. The number of hydrogen-bond acceptors (Lipinski definition) is 4. The molecule has 0 fully saturated rings. The largest absolute Gasteiger partial charge is 0.495 e. The molecule has 4 heteroatoms. The van der Waals surface area contributed by atoms with E-state index in [1.807, 2.05) is 6.20 Å². The first-order valence-electron chi connectivity index (χ1n) is 6.52. The zero-order valence-electron chi connectivity index (χ0n) is 11.6. The lowest BCUT2D eigenvalue weighted by atomic mass is 10.0. The van der Waals surface area contributed by atoms with Crippen molar-refractivity contribution in [1.82, 2.24) is 10.3 Å². The molecule has 2 rings (SSSR count). The normalized spacial score (nSPS) is 12.4. The number of pyridine rings is 1. The van der Waals surface area contributed by atoms with Crippen molar-refractivity contribution in [3.05, 3.63) is 45.9 Å². The minimum atomic E-state index is 0.197. The molecule has 3 nitrogen and oxygen atoms in total. The molecule has 0 aromatic carbocycles. The van der Waals surface area contributed by atoms with Crippen molar-refractivity contribution in [2.75, 3.05) is 13.7 Å². The molecular weight excluding hydrogens is 256 g/mol. The molecular formula is C15H20N2OS. The predicted octanol–water partition coefficient (Wildman–Crippen LogP) is 3.55. The topological polar surface area (TPSA) is 34.2 Å². The fraction of sp³-hybridized carbons (Fsp3) is 0.400. The van der Waals surface area contributed by atoms with Gasteiger partial charge in [0.2, 0.25) is 0 Å². The van der Waals surface area contributed by atoms with Crippen LogP contribution < -0.4 is 10.1 Å². The average molecular weight is 276 g/mol. The van der Waals surface area contributed by atoms with Crippen molar-refractivity contribution in [3.8, 4) is 5.75 Å². The maximum absolute atomic E-state index is 5.27. The molecule has 2 heterocycles. The van der Waals surface area contributed by atoms with E-state index in [0.717, 1.165) is 24.3 Å². The van der Waals surface area contributed by atoms with Gasteiger partial charge in [-0.1, -0.05) is 6.92 Å². The number of nitrogens with zero attached hydrogens (tertiary/aromatic N) is 1. The summed E-state index contributed by atoms with van der Waals surface area (Å²) in [4.78, 5) is 5.61. The van der Waals surface area contributed by atoms with Crippen LogP contribution in [0.2, 0.25) is 0 Å². The highest BCUT2D eigenvalue weighted by atomic mass is 32.1. The number of ether oxygens (including phenoxy) is 1. The summed E-state index contributed by atoms with van der Waals surface area (Å²) >= 11 is 1.79. The van der Waals surface area contributed by atoms with Gasteiger partial charge in [-0.3, -0.25) is 4.98 Å². The Morgan fingerprint density at radius 2 is 2.26 bits per heavy atom. The number of rotatable bonds is 6. The molecule has 0 aliphatic rings. The van der Waals surface area contributed by atoms with Crippen molar-refractivity contribution in [1.29, 1.82) is 0 Å². The van der Waals surface area contributed by atoms with Gasteiger partial charge in [0.25, 0.3) is 0 Å². The zero-order chi connectivity index (χ0) is 13.7. The third kappa shape index (κ3) is 3.33.